The molecule has 3 rings (SSSR count). The van der Waals surface area contributed by atoms with Gasteiger partial charge in [0, 0.05) is 13.5 Å². The van der Waals surface area contributed by atoms with Gasteiger partial charge in [0.25, 0.3) is 0 Å². The minimum Gasteiger partial charge on any atom is -0.454 e. The first-order chi connectivity index (χ1) is 9.22. The Balaban J connectivity index is 1.63. The number of nitrogens with zero attached hydrogens (tertiary/aromatic N) is 2. The zero-order valence-electron chi connectivity index (χ0n) is 10.3. The quantitative estimate of drug-likeness (QED) is 0.925. The average Bonchev–Trinajstić information content (AvgIpc) is 2.98. The standard InChI is InChI=1S/C12H12ClN3O3/c1-7-15-11(16-19-7)5-14-4-8-2-9(13)12-10(3-8)17-6-18-12/h2-3,14H,4-6H2,1H3. The molecule has 1 aromatic heterocycles. The third kappa shape index (κ3) is 2.64. The third-order valence-corrected chi connectivity index (χ3v) is 2.95. The lowest BCUT2D eigenvalue weighted by Gasteiger charge is -2.05. The summed E-state index contributed by atoms with van der Waals surface area (Å²) >= 11 is 6.10. The van der Waals surface area contributed by atoms with Crippen molar-refractivity contribution >= 4 is 11.6 Å². The fourth-order valence-electron chi connectivity index (χ4n) is 1.85. The number of aryl methyl sites for hydroxylation is 1. The molecular formula is C12H12ClN3O3. The molecule has 1 aliphatic heterocycles. The first-order valence-electron chi connectivity index (χ1n) is 5.80. The Hall–Kier alpha value is -1.79. The molecule has 0 saturated heterocycles. The molecule has 7 heteroatoms. The van der Waals surface area contributed by atoms with E-state index in [1.807, 2.05) is 12.1 Å². The Bertz CT molecular complexity index is 600. The smallest absolute Gasteiger partial charge is 0.231 e. The minimum absolute atomic E-state index is 0.216. The zero-order valence-corrected chi connectivity index (χ0v) is 11.0. The van der Waals surface area contributed by atoms with Gasteiger partial charge in [-0.1, -0.05) is 16.8 Å². The van der Waals surface area contributed by atoms with Crippen molar-refractivity contribution < 1.29 is 14.0 Å². The van der Waals surface area contributed by atoms with E-state index in [0.29, 0.717) is 41.3 Å². The molecule has 0 unspecified atom stereocenters. The Morgan fingerprint density at radius 1 is 1.32 bits per heavy atom. The number of nitrogens with one attached hydrogen (secondary N) is 1. The van der Waals surface area contributed by atoms with Gasteiger partial charge in [-0.05, 0) is 17.7 Å². The van der Waals surface area contributed by atoms with Crippen molar-refractivity contribution in [1.82, 2.24) is 15.5 Å². The Morgan fingerprint density at radius 2 is 2.21 bits per heavy atom. The largest absolute Gasteiger partial charge is 0.454 e. The highest BCUT2D eigenvalue weighted by molar-refractivity contribution is 6.32. The van der Waals surface area contributed by atoms with Gasteiger partial charge in [-0.25, -0.2) is 0 Å². The highest BCUT2D eigenvalue weighted by Crippen LogP contribution is 2.39. The zero-order chi connectivity index (χ0) is 13.2. The van der Waals surface area contributed by atoms with Gasteiger partial charge < -0.3 is 19.3 Å². The minimum atomic E-state index is 0.216. The van der Waals surface area contributed by atoms with E-state index in [-0.39, 0.29) is 6.79 Å². The van der Waals surface area contributed by atoms with Crippen molar-refractivity contribution in [2.24, 2.45) is 0 Å². The maximum Gasteiger partial charge on any atom is 0.231 e. The monoisotopic (exact) mass is 281 g/mol. The first kappa shape index (κ1) is 12.3. The van der Waals surface area contributed by atoms with Crippen molar-refractivity contribution in [2.45, 2.75) is 20.0 Å². The van der Waals surface area contributed by atoms with E-state index in [2.05, 4.69) is 15.5 Å². The summed E-state index contributed by atoms with van der Waals surface area (Å²) in [4.78, 5) is 4.11. The van der Waals surface area contributed by atoms with Gasteiger partial charge in [-0.2, -0.15) is 4.98 Å². The second kappa shape index (κ2) is 5.07. The summed E-state index contributed by atoms with van der Waals surface area (Å²) in [6, 6.07) is 3.76. The molecule has 0 bridgehead atoms. The van der Waals surface area contributed by atoms with Crippen LogP contribution in [0.3, 0.4) is 0 Å². The van der Waals surface area contributed by atoms with Gasteiger partial charge in [-0.15, -0.1) is 0 Å². The Kier molecular flexibility index (Phi) is 3.27. The Morgan fingerprint density at radius 3 is 3.00 bits per heavy atom. The molecule has 2 heterocycles. The highest BCUT2D eigenvalue weighted by Gasteiger charge is 2.18. The first-order valence-corrected chi connectivity index (χ1v) is 6.18. The van der Waals surface area contributed by atoms with E-state index >= 15 is 0 Å². The van der Waals surface area contributed by atoms with Crippen molar-refractivity contribution in [3.8, 4) is 11.5 Å². The highest BCUT2D eigenvalue weighted by atomic mass is 35.5. The van der Waals surface area contributed by atoms with Crippen LogP contribution in [0.25, 0.3) is 0 Å². The topological polar surface area (TPSA) is 69.4 Å². The van der Waals surface area contributed by atoms with Gasteiger partial charge >= 0.3 is 0 Å². The molecule has 1 aromatic carbocycles. The van der Waals surface area contributed by atoms with E-state index in [9.17, 15) is 0 Å². The van der Waals surface area contributed by atoms with E-state index < -0.39 is 0 Å². The molecule has 0 atom stereocenters. The van der Waals surface area contributed by atoms with Crippen LogP contribution in [0.4, 0.5) is 0 Å². The number of hydrogen-bond acceptors (Lipinski definition) is 6. The Labute approximate surface area is 114 Å². The van der Waals surface area contributed by atoms with Gasteiger partial charge in [0.05, 0.1) is 11.6 Å². The van der Waals surface area contributed by atoms with Crippen LogP contribution in [-0.4, -0.2) is 16.9 Å². The van der Waals surface area contributed by atoms with Crippen LogP contribution in [0.2, 0.25) is 5.02 Å². The van der Waals surface area contributed by atoms with E-state index in [0.717, 1.165) is 5.56 Å². The second-order valence-corrected chi connectivity index (χ2v) is 4.55. The molecular weight excluding hydrogens is 270 g/mol. The predicted molar refractivity (Wildman–Crippen MR) is 67.2 cm³/mol. The molecule has 0 saturated carbocycles. The van der Waals surface area contributed by atoms with Crippen molar-refractivity contribution in [1.29, 1.82) is 0 Å². The normalized spacial score (nSPS) is 12.9. The van der Waals surface area contributed by atoms with E-state index in [1.54, 1.807) is 6.92 Å². The molecule has 0 fully saturated rings. The van der Waals surface area contributed by atoms with Crippen LogP contribution in [0.5, 0.6) is 11.5 Å². The molecule has 19 heavy (non-hydrogen) atoms. The third-order valence-electron chi connectivity index (χ3n) is 2.67. The summed E-state index contributed by atoms with van der Waals surface area (Å²) in [5, 5.41) is 7.57. The lowest BCUT2D eigenvalue weighted by molar-refractivity contribution is 0.174. The number of benzene rings is 1. The van der Waals surface area contributed by atoms with Crippen molar-refractivity contribution in [2.75, 3.05) is 6.79 Å². The molecule has 0 amide bonds. The number of halogens is 1. The SMILES string of the molecule is Cc1nc(CNCc2cc(Cl)c3c(c2)OCO3)no1. The van der Waals surface area contributed by atoms with Crippen LogP contribution < -0.4 is 14.8 Å². The molecule has 0 aliphatic carbocycles. The fourth-order valence-corrected chi connectivity index (χ4v) is 2.14. The van der Waals surface area contributed by atoms with E-state index in [1.165, 1.54) is 0 Å². The predicted octanol–water partition coefficient (Wildman–Crippen LogP) is 2.05. The summed E-state index contributed by atoms with van der Waals surface area (Å²) in [6.45, 7) is 3.13. The molecule has 0 radical (unpaired) electrons. The number of aromatic nitrogens is 2. The summed E-state index contributed by atoms with van der Waals surface area (Å²) in [5.41, 5.74) is 1.01. The van der Waals surface area contributed by atoms with Crippen LogP contribution in [-0.2, 0) is 13.1 Å². The lowest BCUT2D eigenvalue weighted by atomic mass is 10.2. The molecule has 1 aliphatic rings. The van der Waals surface area contributed by atoms with Gasteiger partial charge in [0.1, 0.15) is 0 Å². The maximum atomic E-state index is 6.10. The molecule has 6 nitrogen and oxygen atoms in total. The van der Waals surface area contributed by atoms with Crippen LogP contribution in [0.15, 0.2) is 16.7 Å². The summed E-state index contributed by atoms with van der Waals surface area (Å²) < 4.78 is 15.5. The van der Waals surface area contributed by atoms with Crippen molar-refractivity contribution in [3.05, 3.63) is 34.4 Å². The average molecular weight is 282 g/mol. The van der Waals surface area contributed by atoms with Crippen LogP contribution in [0.1, 0.15) is 17.3 Å². The number of hydrogen-bond donors (Lipinski definition) is 1. The number of fused-ring (bicyclic) bond motifs is 1. The number of rotatable bonds is 4. The number of ether oxygens (including phenoxy) is 2. The van der Waals surface area contributed by atoms with E-state index in [4.69, 9.17) is 25.6 Å². The summed E-state index contributed by atoms with van der Waals surface area (Å²) in [5.74, 6) is 2.48. The second-order valence-electron chi connectivity index (χ2n) is 4.14. The molecule has 1 N–H and O–H groups in total. The van der Waals surface area contributed by atoms with Gasteiger partial charge in [0.2, 0.25) is 12.7 Å². The van der Waals surface area contributed by atoms with Gasteiger partial charge in [0.15, 0.2) is 17.3 Å². The molecule has 100 valence electrons. The lowest BCUT2D eigenvalue weighted by Crippen LogP contribution is -2.13. The summed E-state index contributed by atoms with van der Waals surface area (Å²) in [6.07, 6.45) is 0. The van der Waals surface area contributed by atoms with Gasteiger partial charge in [-0.3, -0.25) is 0 Å². The fraction of sp³-hybridized carbons (Fsp3) is 0.333. The maximum absolute atomic E-state index is 6.10. The van der Waals surface area contributed by atoms with Crippen LogP contribution >= 0.6 is 11.6 Å². The molecule has 0 spiro atoms. The molecule has 2 aromatic rings. The van der Waals surface area contributed by atoms with Crippen molar-refractivity contribution in [3.63, 3.8) is 0 Å². The van der Waals surface area contributed by atoms with Crippen LogP contribution in [0, 0.1) is 6.92 Å². The summed E-state index contributed by atoms with van der Waals surface area (Å²) in [7, 11) is 0.